The molecule has 0 bridgehead atoms. The lowest BCUT2D eigenvalue weighted by molar-refractivity contribution is -0.122. The van der Waals surface area contributed by atoms with Gasteiger partial charge in [-0.2, -0.15) is 0 Å². The van der Waals surface area contributed by atoms with Crippen molar-refractivity contribution in [1.82, 2.24) is 9.36 Å². The first-order chi connectivity index (χ1) is 15.0. The van der Waals surface area contributed by atoms with Crippen LogP contribution in [0.1, 0.15) is 12.6 Å². The molecule has 0 radical (unpaired) electrons. The molecular weight excluding hydrogens is 432 g/mol. The van der Waals surface area contributed by atoms with Crippen molar-refractivity contribution in [2.75, 3.05) is 22.9 Å². The van der Waals surface area contributed by atoms with Crippen molar-refractivity contribution >= 4 is 27.3 Å². The Morgan fingerprint density at radius 1 is 1.09 bits per heavy atom. The summed E-state index contributed by atoms with van der Waals surface area (Å²) >= 11 is 0. The molecule has 32 heavy (non-hydrogen) atoms. The van der Waals surface area contributed by atoms with E-state index in [0.717, 1.165) is 10.6 Å². The Kier molecular flexibility index (Phi) is 6.45. The van der Waals surface area contributed by atoms with Crippen LogP contribution in [0.25, 0.3) is 5.69 Å². The summed E-state index contributed by atoms with van der Waals surface area (Å²) in [5, 5.41) is 2.67. The van der Waals surface area contributed by atoms with Crippen molar-refractivity contribution in [2.24, 2.45) is 7.05 Å². The first kappa shape index (κ1) is 23.1. The molecule has 0 spiro atoms. The van der Waals surface area contributed by atoms with E-state index in [2.05, 4.69) is 5.32 Å². The molecule has 2 aromatic carbocycles. The van der Waals surface area contributed by atoms with Crippen LogP contribution in [0.4, 0.5) is 11.4 Å². The lowest BCUT2D eigenvalue weighted by Crippen LogP contribution is -2.32. The van der Waals surface area contributed by atoms with Crippen LogP contribution in [-0.2, 0) is 21.9 Å². The van der Waals surface area contributed by atoms with E-state index in [9.17, 15) is 18.0 Å². The highest BCUT2D eigenvalue weighted by atomic mass is 32.2. The van der Waals surface area contributed by atoms with Crippen molar-refractivity contribution in [3.8, 4) is 11.4 Å². The normalized spacial score (nSPS) is 12.3. The van der Waals surface area contributed by atoms with Gasteiger partial charge in [0.25, 0.3) is 11.5 Å². The molecule has 1 aromatic heterocycles. The van der Waals surface area contributed by atoms with Gasteiger partial charge in [-0.3, -0.25) is 18.6 Å². The van der Waals surface area contributed by atoms with E-state index in [-0.39, 0.29) is 11.2 Å². The minimum atomic E-state index is -3.37. The van der Waals surface area contributed by atoms with Crippen LogP contribution < -0.4 is 19.9 Å². The molecule has 0 fully saturated rings. The number of amides is 1. The Hall–Kier alpha value is -3.53. The SMILES string of the molecule is Cc1c(NC(=O)C(C)Oc2ccc(N(C)S(C)(=O)=O)cc2)c(=O)n(-c2ccccc2)n1C. The first-order valence-electron chi connectivity index (χ1n) is 9.86. The van der Waals surface area contributed by atoms with E-state index in [1.54, 1.807) is 49.8 Å². The number of anilines is 2. The third-order valence-corrected chi connectivity index (χ3v) is 6.39. The Labute approximate surface area is 186 Å². The number of hydrogen-bond donors (Lipinski definition) is 1. The molecule has 0 aliphatic rings. The van der Waals surface area contributed by atoms with Gasteiger partial charge in [-0.1, -0.05) is 18.2 Å². The zero-order valence-electron chi connectivity index (χ0n) is 18.6. The van der Waals surface area contributed by atoms with Crippen molar-refractivity contribution in [1.29, 1.82) is 0 Å². The predicted molar refractivity (Wildman–Crippen MR) is 124 cm³/mol. The number of ether oxygens (including phenoxy) is 1. The largest absolute Gasteiger partial charge is 0.481 e. The number of hydrogen-bond acceptors (Lipinski definition) is 5. The molecule has 170 valence electrons. The van der Waals surface area contributed by atoms with Crippen molar-refractivity contribution in [3.05, 3.63) is 70.6 Å². The van der Waals surface area contributed by atoms with Crippen molar-refractivity contribution < 1.29 is 17.9 Å². The summed E-state index contributed by atoms with van der Waals surface area (Å²) in [5.74, 6) is -0.0851. The number of carbonyl (C=O) groups excluding carboxylic acids is 1. The number of nitrogens with one attached hydrogen (secondary N) is 1. The summed E-state index contributed by atoms with van der Waals surface area (Å²) in [6.07, 6.45) is 0.221. The summed E-state index contributed by atoms with van der Waals surface area (Å²) in [6.45, 7) is 3.32. The minimum Gasteiger partial charge on any atom is -0.481 e. The zero-order chi connectivity index (χ0) is 23.6. The van der Waals surface area contributed by atoms with Gasteiger partial charge in [0.15, 0.2) is 6.10 Å². The van der Waals surface area contributed by atoms with E-state index in [1.807, 2.05) is 30.3 Å². The maximum Gasteiger partial charge on any atom is 0.295 e. The second-order valence-electron chi connectivity index (χ2n) is 7.41. The number of carbonyl (C=O) groups is 1. The van der Waals surface area contributed by atoms with Gasteiger partial charge in [-0.15, -0.1) is 0 Å². The number of benzene rings is 2. The summed E-state index contributed by atoms with van der Waals surface area (Å²) in [7, 11) is -0.180. The molecule has 1 amide bonds. The van der Waals surface area contributed by atoms with Crippen LogP contribution in [0.2, 0.25) is 0 Å². The second kappa shape index (κ2) is 8.91. The number of aromatic nitrogens is 2. The second-order valence-corrected chi connectivity index (χ2v) is 9.42. The third kappa shape index (κ3) is 4.70. The quantitative estimate of drug-likeness (QED) is 0.585. The lowest BCUT2D eigenvalue weighted by Gasteiger charge is -2.18. The summed E-state index contributed by atoms with van der Waals surface area (Å²) in [5.41, 5.74) is 1.60. The van der Waals surface area contributed by atoms with Gasteiger partial charge in [0.05, 0.1) is 23.3 Å². The first-order valence-corrected chi connectivity index (χ1v) is 11.7. The monoisotopic (exact) mass is 458 g/mol. The molecule has 0 saturated heterocycles. The van der Waals surface area contributed by atoms with Gasteiger partial charge >= 0.3 is 0 Å². The molecule has 9 nitrogen and oxygen atoms in total. The number of rotatable bonds is 7. The van der Waals surface area contributed by atoms with Crippen LogP contribution in [0.3, 0.4) is 0 Å². The molecule has 1 atom stereocenters. The smallest absolute Gasteiger partial charge is 0.295 e. The molecule has 1 heterocycles. The van der Waals surface area contributed by atoms with E-state index in [4.69, 9.17) is 4.74 Å². The molecule has 0 saturated carbocycles. The van der Waals surface area contributed by atoms with Crippen LogP contribution in [0.5, 0.6) is 5.75 Å². The van der Waals surface area contributed by atoms with Gasteiger partial charge in [0.1, 0.15) is 11.4 Å². The van der Waals surface area contributed by atoms with Gasteiger partial charge in [0, 0.05) is 14.1 Å². The lowest BCUT2D eigenvalue weighted by atomic mass is 10.3. The fourth-order valence-corrected chi connectivity index (χ4v) is 3.63. The van der Waals surface area contributed by atoms with Crippen LogP contribution in [0.15, 0.2) is 59.4 Å². The fraction of sp³-hybridized carbons (Fsp3) is 0.273. The standard InChI is InChI=1S/C22H26N4O5S/c1-15-20(22(28)26(24(15)3)18-9-7-6-8-10-18)23-21(27)16(2)31-19-13-11-17(12-14-19)25(4)32(5,29)30/h6-14,16H,1-5H3,(H,23,27). The van der Waals surface area contributed by atoms with E-state index in [0.29, 0.717) is 22.8 Å². The van der Waals surface area contributed by atoms with Gasteiger partial charge in [0.2, 0.25) is 10.0 Å². The Balaban J connectivity index is 1.75. The summed E-state index contributed by atoms with van der Waals surface area (Å²) in [6, 6.07) is 15.5. The highest BCUT2D eigenvalue weighted by Crippen LogP contribution is 2.21. The topological polar surface area (TPSA) is 103 Å². The zero-order valence-corrected chi connectivity index (χ0v) is 19.4. The molecule has 0 aliphatic carbocycles. The van der Waals surface area contributed by atoms with Crippen LogP contribution >= 0.6 is 0 Å². The average Bonchev–Trinajstić information content (AvgIpc) is 2.96. The molecule has 1 N–H and O–H groups in total. The highest BCUT2D eigenvalue weighted by molar-refractivity contribution is 7.92. The van der Waals surface area contributed by atoms with Crippen LogP contribution in [0, 0.1) is 6.92 Å². The minimum absolute atomic E-state index is 0.182. The molecule has 0 aliphatic heterocycles. The Morgan fingerprint density at radius 2 is 1.69 bits per heavy atom. The molecule has 1 unspecified atom stereocenters. The highest BCUT2D eigenvalue weighted by Gasteiger charge is 2.22. The maximum atomic E-state index is 12.9. The molecule has 3 rings (SSSR count). The summed E-state index contributed by atoms with van der Waals surface area (Å²) in [4.78, 5) is 25.6. The average molecular weight is 459 g/mol. The summed E-state index contributed by atoms with van der Waals surface area (Å²) < 4.78 is 33.3. The molecule has 10 heteroatoms. The van der Waals surface area contributed by atoms with E-state index >= 15 is 0 Å². The van der Waals surface area contributed by atoms with Gasteiger partial charge in [-0.25, -0.2) is 13.1 Å². The Bertz CT molecular complexity index is 1280. The van der Waals surface area contributed by atoms with Crippen molar-refractivity contribution in [2.45, 2.75) is 20.0 Å². The predicted octanol–water partition coefficient (Wildman–Crippen LogP) is 2.29. The van der Waals surface area contributed by atoms with Crippen LogP contribution in [-0.4, -0.2) is 43.1 Å². The fourth-order valence-electron chi connectivity index (χ4n) is 3.12. The van der Waals surface area contributed by atoms with E-state index < -0.39 is 22.0 Å². The number of para-hydroxylation sites is 1. The Morgan fingerprint density at radius 3 is 2.25 bits per heavy atom. The number of nitrogens with zero attached hydrogens (tertiary/aromatic N) is 3. The maximum absolute atomic E-state index is 12.9. The third-order valence-electron chi connectivity index (χ3n) is 5.18. The molecular formula is C22H26N4O5S. The van der Waals surface area contributed by atoms with Crippen molar-refractivity contribution in [3.63, 3.8) is 0 Å². The van der Waals surface area contributed by atoms with E-state index in [1.165, 1.54) is 11.7 Å². The van der Waals surface area contributed by atoms with Gasteiger partial charge < -0.3 is 10.1 Å². The van der Waals surface area contributed by atoms with Gasteiger partial charge in [-0.05, 0) is 50.2 Å². The number of sulfonamides is 1. The molecule has 3 aromatic rings.